The Bertz CT molecular complexity index is 1700. The van der Waals surface area contributed by atoms with Gasteiger partial charge in [0.15, 0.2) is 0 Å². The molecule has 1 unspecified atom stereocenters. The Balaban J connectivity index is 1.80. The molecule has 8 nitrogen and oxygen atoms in total. The van der Waals surface area contributed by atoms with E-state index in [1.54, 1.807) is 49.6 Å². The van der Waals surface area contributed by atoms with Gasteiger partial charge in [0.05, 0.1) is 17.7 Å². The standard InChI is InChI=1S/C36H41N3O5S2/c1-5-22-37-36(41)34(24-28-10-7-6-8-11-28)38(25-29-12-9-13-31(23-29)44-3)35(40)26-39(30-16-14-27(2)15-17-30)46(42,43)33-20-18-32(45-4)19-21-33/h6-21,23,34H,5,22,24-26H2,1-4H3,(H,37,41). The lowest BCUT2D eigenvalue weighted by molar-refractivity contribution is -0.140. The van der Waals surface area contributed by atoms with Crippen LogP contribution >= 0.6 is 11.8 Å². The quantitative estimate of drug-likeness (QED) is 0.155. The Labute approximate surface area is 276 Å². The van der Waals surface area contributed by atoms with Crippen molar-refractivity contribution >= 4 is 39.3 Å². The predicted molar refractivity (Wildman–Crippen MR) is 185 cm³/mol. The van der Waals surface area contributed by atoms with Gasteiger partial charge in [0.25, 0.3) is 10.0 Å². The Morgan fingerprint density at radius 1 is 0.891 bits per heavy atom. The van der Waals surface area contributed by atoms with Crippen molar-refractivity contribution in [2.75, 3.05) is 30.8 Å². The van der Waals surface area contributed by atoms with E-state index in [9.17, 15) is 18.0 Å². The second kappa shape index (κ2) is 16.3. The number of aryl methyl sites for hydroxylation is 1. The first-order valence-electron chi connectivity index (χ1n) is 15.1. The molecule has 2 amide bonds. The molecule has 4 aromatic rings. The number of ether oxygens (including phenoxy) is 1. The third-order valence-electron chi connectivity index (χ3n) is 7.56. The molecule has 4 rings (SSSR count). The van der Waals surface area contributed by atoms with Crippen LogP contribution in [-0.2, 0) is 32.6 Å². The average Bonchev–Trinajstić information content (AvgIpc) is 3.08. The monoisotopic (exact) mass is 659 g/mol. The fourth-order valence-corrected chi connectivity index (χ4v) is 6.82. The minimum absolute atomic E-state index is 0.0668. The highest BCUT2D eigenvalue weighted by Crippen LogP contribution is 2.27. The zero-order chi connectivity index (χ0) is 33.1. The zero-order valence-electron chi connectivity index (χ0n) is 26.7. The summed E-state index contributed by atoms with van der Waals surface area (Å²) in [6, 6.07) is 29.5. The molecule has 46 heavy (non-hydrogen) atoms. The van der Waals surface area contributed by atoms with E-state index < -0.39 is 28.5 Å². The summed E-state index contributed by atoms with van der Waals surface area (Å²) >= 11 is 1.51. The van der Waals surface area contributed by atoms with Gasteiger partial charge in [-0.25, -0.2) is 8.42 Å². The summed E-state index contributed by atoms with van der Waals surface area (Å²) in [5.41, 5.74) is 2.92. The van der Waals surface area contributed by atoms with Crippen molar-refractivity contribution in [3.8, 4) is 5.75 Å². The van der Waals surface area contributed by atoms with Gasteiger partial charge in [-0.2, -0.15) is 0 Å². The molecule has 0 radical (unpaired) electrons. The Morgan fingerprint density at radius 2 is 1.57 bits per heavy atom. The smallest absolute Gasteiger partial charge is 0.264 e. The molecule has 0 aliphatic carbocycles. The van der Waals surface area contributed by atoms with Crippen molar-refractivity contribution in [1.29, 1.82) is 0 Å². The van der Waals surface area contributed by atoms with E-state index in [1.165, 1.54) is 16.7 Å². The number of amides is 2. The molecule has 0 spiro atoms. The molecule has 0 aromatic heterocycles. The van der Waals surface area contributed by atoms with Crippen LogP contribution in [0.4, 0.5) is 5.69 Å². The van der Waals surface area contributed by atoms with Gasteiger partial charge in [-0.1, -0.05) is 67.1 Å². The van der Waals surface area contributed by atoms with Gasteiger partial charge < -0.3 is 15.0 Å². The summed E-state index contributed by atoms with van der Waals surface area (Å²) in [5, 5.41) is 2.96. The van der Waals surface area contributed by atoms with Gasteiger partial charge in [0, 0.05) is 24.4 Å². The van der Waals surface area contributed by atoms with Crippen molar-refractivity contribution in [2.24, 2.45) is 0 Å². The van der Waals surface area contributed by atoms with E-state index in [2.05, 4.69) is 5.32 Å². The van der Waals surface area contributed by atoms with Crippen molar-refractivity contribution in [1.82, 2.24) is 10.2 Å². The summed E-state index contributed by atoms with van der Waals surface area (Å²) in [4.78, 5) is 30.8. The van der Waals surface area contributed by atoms with Crippen LogP contribution < -0.4 is 14.4 Å². The third-order valence-corrected chi connectivity index (χ3v) is 10.1. The number of hydrogen-bond acceptors (Lipinski definition) is 6. The predicted octanol–water partition coefficient (Wildman–Crippen LogP) is 6.09. The number of anilines is 1. The molecule has 1 atom stereocenters. The van der Waals surface area contributed by atoms with Crippen molar-refractivity contribution in [3.63, 3.8) is 0 Å². The topological polar surface area (TPSA) is 96.0 Å². The number of carbonyl (C=O) groups excluding carboxylic acids is 2. The summed E-state index contributed by atoms with van der Waals surface area (Å²) in [7, 11) is -2.60. The normalized spacial score (nSPS) is 11.8. The lowest BCUT2D eigenvalue weighted by Crippen LogP contribution is -2.53. The van der Waals surface area contributed by atoms with Crippen LogP contribution in [0.5, 0.6) is 5.75 Å². The van der Waals surface area contributed by atoms with Crippen LogP contribution in [0.25, 0.3) is 0 Å². The maximum Gasteiger partial charge on any atom is 0.264 e. The van der Waals surface area contributed by atoms with Crippen LogP contribution in [-0.4, -0.2) is 57.6 Å². The third kappa shape index (κ3) is 8.92. The first kappa shape index (κ1) is 34.6. The first-order valence-corrected chi connectivity index (χ1v) is 17.8. The first-order chi connectivity index (χ1) is 22.2. The summed E-state index contributed by atoms with van der Waals surface area (Å²) in [5.74, 6) is -0.211. The molecule has 0 fully saturated rings. The molecule has 0 aliphatic heterocycles. The van der Waals surface area contributed by atoms with Gasteiger partial charge in [-0.05, 0) is 79.3 Å². The highest BCUT2D eigenvalue weighted by atomic mass is 32.2. The van der Waals surface area contributed by atoms with Gasteiger partial charge >= 0.3 is 0 Å². The molecule has 1 N–H and O–H groups in total. The van der Waals surface area contributed by atoms with Gasteiger partial charge in [0.2, 0.25) is 11.8 Å². The second-order valence-electron chi connectivity index (χ2n) is 10.9. The fraction of sp³-hybridized carbons (Fsp3) is 0.278. The van der Waals surface area contributed by atoms with Crippen molar-refractivity contribution in [2.45, 2.75) is 49.1 Å². The number of hydrogen-bond donors (Lipinski definition) is 1. The highest BCUT2D eigenvalue weighted by molar-refractivity contribution is 7.98. The maximum atomic E-state index is 14.5. The molecule has 0 saturated heterocycles. The van der Waals surface area contributed by atoms with Crippen LogP contribution in [0.3, 0.4) is 0 Å². The zero-order valence-corrected chi connectivity index (χ0v) is 28.3. The van der Waals surface area contributed by atoms with E-state index in [0.717, 1.165) is 32.3 Å². The van der Waals surface area contributed by atoms with E-state index in [1.807, 2.05) is 80.8 Å². The van der Waals surface area contributed by atoms with Gasteiger partial charge in [-0.15, -0.1) is 11.8 Å². The molecular weight excluding hydrogens is 619 g/mol. The lowest BCUT2D eigenvalue weighted by atomic mass is 10.0. The second-order valence-corrected chi connectivity index (χ2v) is 13.6. The highest BCUT2D eigenvalue weighted by Gasteiger charge is 2.34. The largest absolute Gasteiger partial charge is 0.497 e. The minimum atomic E-state index is -4.17. The average molecular weight is 660 g/mol. The molecule has 0 aliphatic rings. The van der Waals surface area contributed by atoms with Crippen molar-refractivity contribution in [3.05, 3.63) is 120 Å². The number of thioether (sulfide) groups is 1. The van der Waals surface area contributed by atoms with Crippen LogP contribution in [0, 0.1) is 6.92 Å². The number of benzene rings is 4. The van der Waals surface area contributed by atoms with Gasteiger partial charge in [-0.3, -0.25) is 13.9 Å². The summed E-state index contributed by atoms with van der Waals surface area (Å²) < 4.78 is 35.0. The molecule has 242 valence electrons. The molecule has 0 heterocycles. The molecule has 4 aromatic carbocycles. The minimum Gasteiger partial charge on any atom is -0.497 e. The molecule has 0 saturated carbocycles. The molecule has 10 heteroatoms. The van der Waals surface area contributed by atoms with Crippen LogP contribution in [0.15, 0.2) is 113 Å². The van der Waals surface area contributed by atoms with E-state index in [0.29, 0.717) is 18.0 Å². The molecule has 0 bridgehead atoms. The van der Waals surface area contributed by atoms with E-state index in [4.69, 9.17) is 4.74 Å². The SMILES string of the molecule is CCCNC(=O)C(Cc1ccccc1)N(Cc1cccc(OC)c1)C(=O)CN(c1ccc(C)cc1)S(=O)(=O)c1ccc(SC)cc1. The maximum absolute atomic E-state index is 14.5. The number of rotatable bonds is 15. The Hall–Kier alpha value is -4.28. The van der Waals surface area contributed by atoms with Crippen molar-refractivity contribution < 1.29 is 22.7 Å². The fourth-order valence-electron chi connectivity index (χ4n) is 5.00. The summed E-state index contributed by atoms with van der Waals surface area (Å²) in [6.07, 6.45) is 2.89. The lowest BCUT2D eigenvalue weighted by Gasteiger charge is -2.34. The summed E-state index contributed by atoms with van der Waals surface area (Å²) in [6.45, 7) is 3.88. The number of nitrogens with zero attached hydrogens (tertiary/aromatic N) is 2. The van der Waals surface area contributed by atoms with Crippen LogP contribution in [0.1, 0.15) is 30.0 Å². The Kier molecular flexibility index (Phi) is 12.3. The number of carbonyl (C=O) groups is 2. The number of nitrogens with one attached hydrogen (secondary N) is 1. The van der Waals surface area contributed by atoms with Crippen LogP contribution in [0.2, 0.25) is 0 Å². The van der Waals surface area contributed by atoms with E-state index >= 15 is 0 Å². The molecular formula is C36H41N3O5S2. The number of methoxy groups -OCH3 is 1. The van der Waals surface area contributed by atoms with E-state index in [-0.39, 0.29) is 23.8 Å². The van der Waals surface area contributed by atoms with Gasteiger partial charge in [0.1, 0.15) is 18.3 Å². The number of sulfonamides is 1. The Morgan fingerprint density at radius 3 is 2.20 bits per heavy atom.